The fraction of sp³-hybridized carbons (Fsp3) is 0. The Hall–Kier alpha value is -6.48. The van der Waals surface area contributed by atoms with Gasteiger partial charge in [-0.25, -0.2) is 0 Å². The van der Waals surface area contributed by atoms with Crippen LogP contribution in [0.15, 0.2) is 106 Å². The average Bonchev–Trinajstić information content (AvgIpc) is 3.66. The van der Waals surface area contributed by atoms with Crippen molar-refractivity contribution in [1.29, 1.82) is 21.0 Å². The van der Waals surface area contributed by atoms with Gasteiger partial charge in [0.1, 0.15) is 41.2 Å². The molecule has 1 aliphatic carbocycles. The van der Waals surface area contributed by atoms with Crippen molar-refractivity contribution < 1.29 is 4.42 Å². The van der Waals surface area contributed by atoms with Crippen LogP contribution in [0.1, 0.15) is 17.0 Å². The molecule has 8 nitrogen and oxygen atoms in total. The van der Waals surface area contributed by atoms with Crippen LogP contribution in [0.4, 0.5) is 0 Å². The molecule has 2 heterocycles. The van der Waals surface area contributed by atoms with Crippen molar-refractivity contribution in [3.63, 3.8) is 0 Å². The fourth-order valence-corrected chi connectivity index (χ4v) is 4.84. The molecule has 0 saturated heterocycles. The van der Waals surface area contributed by atoms with E-state index in [1.807, 2.05) is 84.9 Å². The zero-order chi connectivity index (χ0) is 27.6. The quantitative estimate of drug-likeness (QED) is 0.255. The van der Waals surface area contributed by atoms with Crippen molar-refractivity contribution in [2.24, 2.45) is 0 Å². The van der Waals surface area contributed by atoms with Crippen LogP contribution in [-0.4, -0.2) is 14.5 Å². The van der Waals surface area contributed by atoms with Crippen LogP contribution in [0.25, 0.3) is 45.7 Å². The lowest BCUT2D eigenvalue weighted by molar-refractivity contribution is 0.608. The van der Waals surface area contributed by atoms with E-state index in [1.165, 1.54) is 0 Å². The second kappa shape index (κ2) is 9.77. The molecule has 184 valence electrons. The Balaban J connectivity index is 1.69. The van der Waals surface area contributed by atoms with Crippen LogP contribution in [0.3, 0.4) is 0 Å². The number of benzene rings is 3. The van der Waals surface area contributed by atoms with Gasteiger partial charge in [0.25, 0.3) is 5.71 Å². The monoisotopic (exact) mass is 513 g/mol. The Morgan fingerprint density at radius 3 is 1.75 bits per heavy atom. The molecule has 0 bridgehead atoms. The summed E-state index contributed by atoms with van der Waals surface area (Å²) >= 11 is 0. The molecule has 2 aromatic heterocycles. The molecule has 0 fully saturated rings. The SMILES string of the molecule is N#CC(C#N)=C1C(=Cc2nc3oc(-c4ccccc4)nc3n2-c2ccccc2)C(=C(C#N)C#N)c2ccccc21. The van der Waals surface area contributed by atoms with Gasteiger partial charge in [-0.3, -0.25) is 4.57 Å². The predicted molar refractivity (Wildman–Crippen MR) is 147 cm³/mol. The minimum atomic E-state index is -0.144. The highest BCUT2D eigenvalue weighted by atomic mass is 16.4. The minimum Gasteiger partial charge on any atom is -0.416 e. The number of para-hydroxylation sites is 1. The van der Waals surface area contributed by atoms with E-state index >= 15 is 0 Å². The van der Waals surface area contributed by atoms with Gasteiger partial charge in [-0.2, -0.15) is 31.0 Å². The first-order valence-electron chi connectivity index (χ1n) is 12.1. The van der Waals surface area contributed by atoms with Crippen molar-refractivity contribution in [3.05, 3.63) is 119 Å². The van der Waals surface area contributed by atoms with E-state index in [0.717, 1.165) is 11.3 Å². The lowest BCUT2D eigenvalue weighted by Crippen LogP contribution is -1.99. The first-order valence-corrected chi connectivity index (χ1v) is 12.1. The van der Waals surface area contributed by atoms with Gasteiger partial charge in [0.15, 0.2) is 0 Å². The van der Waals surface area contributed by atoms with Crippen LogP contribution < -0.4 is 0 Å². The van der Waals surface area contributed by atoms with Crippen LogP contribution >= 0.6 is 0 Å². The van der Waals surface area contributed by atoms with Gasteiger partial charge in [0, 0.05) is 22.4 Å². The lowest BCUT2D eigenvalue weighted by atomic mass is 9.96. The Kier molecular flexibility index (Phi) is 5.83. The van der Waals surface area contributed by atoms with Gasteiger partial charge in [0.05, 0.1) is 0 Å². The van der Waals surface area contributed by atoms with E-state index in [-0.39, 0.29) is 16.9 Å². The van der Waals surface area contributed by atoms with E-state index in [9.17, 15) is 21.0 Å². The summed E-state index contributed by atoms with van der Waals surface area (Å²) < 4.78 is 7.85. The van der Waals surface area contributed by atoms with Gasteiger partial charge in [0.2, 0.25) is 11.5 Å². The summed E-state index contributed by atoms with van der Waals surface area (Å²) in [6.07, 6.45) is 1.67. The standard InChI is InChI=1S/C32H15N7O/c33-16-21(17-34)28-24-13-7-8-14-25(24)29(22(18-35)19-36)26(28)15-27-37-32-30(39(27)23-11-5-2-6-12-23)38-31(40-32)20-9-3-1-4-10-20/h1-15H. The van der Waals surface area contributed by atoms with Gasteiger partial charge in [-0.1, -0.05) is 60.7 Å². The minimum absolute atomic E-state index is 0.144. The van der Waals surface area contributed by atoms with E-state index in [4.69, 9.17) is 14.4 Å². The van der Waals surface area contributed by atoms with Crippen LogP contribution in [-0.2, 0) is 0 Å². The summed E-state index contributed by atoms with van der Waals surface area (Å²) in [5.41, 5.74) is 4.18. The molecule has 0 atom stereocenters. The van der Waals surface area contributed by atoms with Crippen LogP contribution in [0, 0.1) is 45.3 Å². The smallest absolute Gasteiger partial charge is 0.267 e. The maximum absolute atomic E-state index is 9.84. The summed E-state index contributed by atoms with van der Waals surface area (Å²) in [6.45, 7) is 0. The lowest BCUT2D eigenvalue weighted by Gasteiger charge is -2.08. The number of imidazole rings is 1. The molecule has 0 N–H and O–H groups in total. The zero-order valence-corrected chi connectivity index (χ0v) is 20.7. The molecule has 1 aliphatic rings. The topological polar surface area (TPSA) is 139 Å². The van der Waals surface area contributed by atoms with Gasteiger partial charge >= 0.3 is 0 Å². The van der Waals surface area contributed by atoms with Crippen molar-refractivity contribution >= 4 is 28.6 Å². The highest BCUT2D eigenvalue weighted by Gasteiger charge is 2.33. The fourth-order valence-electron chi connectivity index (χ4n) is 4.84. The summed E-state index contributed by atoms with van der Waals surface area (Å²) in [7, 11) is 0. The third-order valence-corrected chi connectivity index (χ3v) is 6.51. The molecule has 0 aliphatic heterocycles. The van der Waals surface area contributed by atoms with Crippen LogP contribution in [0.2, 0.25) is 0 Å². The number of fused-ring (bicyclic) bond motifs is 2. The van der Waals surface area contributed by atoms with E-state index in [2.05, 4.69) is 0 Å². The van der Waals surface area contributed by atoms with Crippen LogP contribution in [0.5, 0.6) is 0 Å². The molecule has 5 aromatic rings. The average molecular weight is 514 g/mol. The van der Waals surface area contributed by atoms with Crippen molar-refractivity contribution in [3.8, 4) is 41.4 Å². The number of nitrogens with zero attached hydrogens (tertiary/aromatic N) is 7. The maximum atomic E-state index is 9.84. The Bertz CT molecular complexity index is 1980. The molecule has 0 amide bonds. The normalized spacial score (nSPS) is 11.8. The number of allylic oxidation sites excluding steroid dienone is 5. The van der Waals surface area contributed by atoms with Gasteiger partial charge in [-0.15, -0.1) is 0 Å². The summed E-state index contributed by atoms with van der Waals surface area (Å²) in [5, 5.41) is 39.4. The molecule has 0 spiro atoms. The molecule has 0 radical (unpaired) electrons. The van der Waals surface area contributed by atoms with E-state index in [1.54, 1.807) is 34.9 Å². The largest absolute Gasteiger partial charge is 0.416 e. The van der Waals surface area contributed by atoms with Crippen molar-refractivity contribution in [2.45, 2.75) is 0 Å². The second-order valence-corrected chi connectivity index (χ2v) is 8.71. The molecule has 8 heteroatoms. The molecular weight excluding hydrogens is 498 g/mol. The Morgan fingerprint density at radius 1 is 0.675 bits per heavy atom. The number of aromatic nitrogens is 3. The molecule has 0 saturated carbocycles. The molecular formula is C32H15N7O. The second-order valence-electron chi connectivity index (χ2n) is 8.71. The third kappa shape index (κ3) is 3.75. The first kappa shape index (κ1) is 23.9. The number of hydrogen-bond acceptors (Lipinski definition) is 7. The Labute approximate surface area is 228 Å². The highest BCUT2D eigenvalue weighted by Crippen LogP contribution is 2.48. The third-order valence-electron chi connectivity index (χ3n) is 6.51. The molecule has 0 unspecified atom stereocenters. The number of hydrogen-bond donors (Lipinski definition) is 0. The van der Waals surface area contributed by atoms with E-state index < -0.39 is 0 Å². The van der Waals surface area contributed by atoms with Gasteiger partial charge in [-0.05, 0) is 47.0 Å². The van der Waals surface area contributed by atoms with Gasteiger partial charge < -0.3 is 4.42 Å². The van der Waals surface area contributed by atoms with E-state index in [0.29, 0.717) is 45.2 Å². The Morgan fingerprint density at radius 2 is 1.20 bits per heavy atom. The number of oxazole rings is 1. The van der Waals surface area contributed by atoms with Crippen molar-refractivity contribution in [2.75, 3.05) is 0 Å². The zero-order valence-electron chi connectivity index (χ0n) is 20.7. The summed E-state index contributed by atoms with van der Waals surface area (Å²) in [5.74, 6) is 0.791. The summed E-state index contributed by atoms with van der Waals surface area (Å²) in [4.78, 5) is 9.47. The molecule has 40 heavy (non-hydrogen) atoms. The first-order chi connectivity index (χ1) is 19.7. The highest BCUT2D eigenvalue weighted by molar-refractivity contribution is 6.15. The predicted octanol–water partition coefficient (Wildman–Crippen LogP) is 6.38. The molecule has 3 aromatic carbocycles. The molecule has 6 rings (SSSR count). The number of rotatable bonds is 3. The summed E-state index contributed by atoms with van der Waals surface area (Å²) in [6, 6.07) is 33.9. The maximum Gasteiger partial charge on any atom is 0.267 e. The van der Waals surface area contributed by atoms with Crippen molar-refractivity contribution in [1.82, 2.24) is 14.5 Å². The number of nitriles is 4.